The van der Waals surface area contributed by atoms with Crippen LogP contribution in [-0.4, -0.2) is 45.5 Å². The largest absolute Gasteiger partial charge is 0.493 e. The summed E-state index contributed by atoms with van der Waals surface area (Å²) in [6.07, 6.45) is 2.13. The number of fused-ring (bicyclic) bond motifs is 1. The molecule has 0 aliphatic rings. The topological polar surface area (TPSA) is 88.0 Å². The van der Waals surface area contributed by atoms with E-state index in [0.717, 1.165) is 5.56 Å². The number of ether oxygens (including phenoxy) is 4. The summed E-state index contributed by atoms with van der Waals surface area (Å²) in [6, 6.07) is 8.88. The highest BCUT2D eigenvalue weighted by Crippen LogP contribution is 2.32. The molecule has 0 saturated carbocycles. The molecule has 0 unspecified atom stereocenters. The Morgan fingerprint density at radius 2 is 1.45 bits per heavy atom. The minimum Gasteiger partial charge on any atom is -0.493 e. The van der Waals surface area contributed by atoms with Crippen LogP contribution < -0.4 is 29.8 Å². The van der Waals surface area contributed by atoms with E-state index in [2.05, 4.69) is 5.32 Å². The number of benzene rings is 2. The van der Waals surface area contributed by atoms with Crippen LogP contribution in [0.4, 0.5) is 0 Å². The number of rotatable bonds is 8. The molecule has 8 heteroatoms. The van der Waals surface area contributed by atoms with Crippen LogP contribution in [0.15, 0.2) is 41.3 Å². The van der Waals surface area contributed by atoms with Crippen LogP contribution in [0.3, 0.4) is 0 Å². The van der Waals surface area contributed by atoms with Gasteiger partial charge in [0.1, 0.15) is 0 Å². The van der Waals surface area contributed by atoms with Gasteiger partial charge in [-0.3, -0.25) is 9.59 Å². The van der Waals surface area contributed by atoms with Gasteiger partial charge in [-0.2, -0.15) is 0 Å². The number of aryl methyl sites for hydroxylation is 1. The summed E-state index contributed by atoms with van der Waals surface area (Å²) < 4.78 is 22.6. The molecule has 0 spiro atoms. The van der Waals surface area contributed by atoms with Crippen molar-refractivity contribution in [2.75, 3.05) is 35.0 Å². The number of methoxy groups -OCH3 is 4. The van der Waals surface area contributed by atoms with Gasteiger partial charge in [0.2, 0.25) is 0 Å². The standard InChI is InChI=1S/C23H26N2O6/c1-25-13-17(15-11-20(30-4)21(31-5)12-16(15)23(25)27)22(26)24-9-8-14-6-7-18(28-2)19(10-14)29-3/h6-7,10-13H,8-9H2,1-5H3,(H,24,26). The van der Waals surface area contributed by atoms with E-state index in [1.54, 1.807) is 33.4 Å². The third kappa shape index (κ3) is 4.42. The number of carbonyl (C=O) groups excluding carboxylic acids is 1. The highest BCUT2D eigenvalue weighted by Gasteiger charge is 2.17. The quantitative estimate of drug-likeness (QED) is 0.596. The summed E-state index contributed by atoms with van der Waals surface area (Å²) in [5.74, 6) is 1.88. The molecule has 1 aromatic heterocycles. The molecule has 3 aromatic rings. The molecule has 0 atom stereocenters. The van der Waals surface area contributed by atoms with Crippen molar-refractivity contribution >= 4 is 16.7 Å². The van der Waals surface area contributed by atoms with Crippen LogP contribution in [0, 0.1) is 0 Å². The first kappa shape index (κ1) is 22.0. The van der Waals surface area contributed by atoms with Crippen molar-refractivity contribution in [3.8, 4) is 23.0 Å². The first-order chi connectivity index (χ1) is 14.9. The molecule has 31 heavy (non-hydrogen) atoms. The maximum Gasteiger partial charge on any atom is 0.258 e. The molecular weight excluding hydrogens is 400 g/mol. The Balaban J connectivity index is 1.85. The Morgan fingerprint density at radius 1 is 0.871 bits per heavy atom. The summed E-state index contributed by atoms with van der Waals surface area (Å²) in [7, 11) is 7.78. The summed E-state index contributed by atoms with van der Waals surface area (Å²) in [6.45, 7) is 0.409. The van der Waals surface area contributed by atoms with Gasteiger partial charge in [-0.1, -0.05) is 6.07 Å². The number of amides is 1. The van der Waals surface area contributed by atoms with Gasteiger partial charge in [0.15, 0.2) is 23.0 Å². The molecular formula is C23H26N2O6. The molecule has 2 aromatic carbocycles. The van der Waals surface area contributed by atoms with Crippen molar-refractivity contribution < 1.29 is 23.7 Å². The van der Waals surface area contributed by atoms with Gasteiger partial charge in [0.05, 0.1) is 39.4 Å². The van der Waals surface area contributed by atoms with Gasteiger partial charge in [0.25, 0.3) is 11.5 Å². The number of nitrogens with one attached hydrogen (secondary N) is 1. The van der Waals surface area contributed by atoms with Crippen LogP contribution in [-0.2, 0) is 13.5 Å². The highest BCUT2D eigenvalue weighted by molar-refractivity contribution is 6.07. The molecule has 164 valence electrons. The van der Waals surface area contributed by atoms with E-state index in [1.807, 2.05) is 18.2 Å². The Morgan fingerprint density at radius 3 is 2.06 bits per heavy atom. The van der Waals surface area contributed by atoms with E-state index in [4.69, 9.17) is 18.9 Å². The zero-order valence-corrected chi connectivity index (χ0v) is 18.3. The van der Waals surface area contributed by atoms with Crippen LogP contribution in [0.5, 0.6) is 23.0 Å². The SMILES string of the molecule is COc1ccc(CCNC(=O)c2cn(C)c(=O)c3cc(OC)c(OC)cc23)cc1OC. The van der Waals surface area contributed by atoms with E-state index in [9.17, 15) is 9.59 Å². The summed E-state index contributed by atoms with van der Waals surface area (Å²) in [5.41, 5.74) is 1.15. The van der Waals surface area contributed by atoms with Gasteiger partial charge in [-0.05, 0) is 36.2 Å². The first-order valence-corrected chi connectivity index (χ1v) is 9.68. The van der Waals surface area contributed by atoms with E-state index in [1.165, 1.54) is 25.0 Å². The highest BCUT2D eigenvalue weighted by atomic mass is 16.5. The molecule has 0 saturated heterocycles. The fraction of sp³-hybridized carbons (Fsp3) is 0.304. The number of hydrogen-bond donors (Lipinski definition) is 1. The van der Waals surface area contributed by atoms with E-state index in [-0.39, 0.29) is 11.5 Å². The van der Waals surface area contributed by atoms with Gasteiger partial charge >= 0.3 is 0 Å². The Bertz CT molecular complexity index is 1170. The van der Waals surface area contributed by atoms with Crippen molar-refractivity contribution in [1.82, 2.24) is 9.88 Å². The van der Waals surface area contributed by atoms with Crippen molar-refractivity contribution in [1.29, 1.82) is 0 Å². The second-order valence-electron chi connectivity index (χ2n) is 6.91. The molecule has 8 nitrogen and oxygen atoms in total. The van der Waals surface area contributed by atoms with Gasteiger partial charge < -0.3 is 28.8 Å². The number of carbonyl (C=O) groups is 1. The van der Waals surface area contributed by atoms with Crippen molar-refractivity contribution in [3.05, 3.63) is 58.0 Å². The smallest absolute Gasteiger partial charge is 0.258 e. The molecule has 0 aliphatic heterocycles. The zero-order valence-electron chi connectivity index (χ0n) is 18.3. The lowest BCUT2D eigenvalue weighted by atomic mass is 10.1. The second-order valence-corrected chi connectivity index (χ2v) is 6.91. The number of aromatic nitrogens is 1. The minimum absolute atomic E-state index is 0.224. The number of pyridine rings is 1. The van der Waals surface area contributed by atoms with E-state index >= 15 is 0 Å². The molecule has 0 radical (unpaired) electrons. The van der Waals surface area contributed by atoms with Crippen LogP contribution in [0.25, 0.3) is 10.8 Å². The molecule has 0 aliphatic carbocycles. The maximum atomic E-state index is 12.9. The molecule has 1 heterocycles. The minimum atomic E-state index is -0.284. The lowest BCUT2D eigenvalue weighted by Gasteiger charge is -2.14. The first-order valence-electron chi connectivity index (χ1n) is 9.68. The summed E-state index contributed by atoms with van der Waals surface area (Å²) >= 11 is 0. The second kappa shape index (κ2) is 9.42. The van der Waals surface area contributed by atoms with Crippen LogP contribution >= 0.6 is 0 Å². The molecule has 0 bridgehead atoms. The predicted molar refractivity (Wildman–Crippen MR) is 118 cm³/mol. The van der Waals surface area contributed by atoms with Gasteiger partial charge in [0, 0.05) is 25.2 Å². The van der Waals surface area contributed by atoms with E-state index < -0.39 is 0 Å². The Labute approximate surface area is 180 Å². The monoisotopic (exact) mass is 426 g/mol. The van der Waals surface area contributed by atoms with Gasteiger partial charge in [-0.25, -0.2) is 0 Å². The fourth-order valence-corrected chi connectivity index (χ4v) is 3.42. The van der Waals surface area contributed by atoms with Gasteiger partial charge in [-0.15, -0.1) is 0 Å². The summed E-state index contributed by atoms with van der Waals surface area (Å²) in [4.78, 5) is 25.5. The van der Waals surface area contributed by atoms with Crippen LogP contribution in [0.2, 0.25) is 0 Å². The van der Waals surface area contributed by atoms with Crippen molar-refractivity contribution in [2.45, 2.75) is 6.42 Å². The average molecular weight is 426 g/mol. The lowest BCUT2D eigenvalue weighted by molar-refractivity contribution is 0.0955. The summed E-state index contributed by atoms with van der Waals surface area (Å²) in [5, 5.41) is 3.81. The normalized spacial score (nSPS) is 10.6. The molecule has 3 rings (SSSR count). The van der Waals surface area contributed by atoms with Crippen molar-refractivity contribution in [2.24, 2.45) is 7.05 Å². The maximum absolute atomic E-state index is 12.9. The third-order valence-corrected chi connectivity index (χ3v) is 5.08. The Kier molecular flexibility index (Phi) is 6.69. The third-order valence-electron chi connectivity index (χ3n) is 5.08. The molecule has 0 fully saturated rings. The fourth-order valence-electron chi connectivity index (χ4n) is 3.42. The average Bonchev–Trinajstić information content (AvgIpc) is 2.80. The number of nitrogens with zero attached hydrogens (tertiary/aromatic N) is 1. The molecule has 1 amide bonds. The zero-order chi connectivity index (χ0) is 22.5. The Hall–Kier alpha value is -3.68. The predicted octanol–water partition coefficient (Wildman–Crippen LogP) is 2.55. The van der Waals surface area contributed by atoms with Crippen LogP contribution in [0.1, 0.15) is 15.9 Å². The lowest BCUT2D eigenvalue weighted by Crippen LogP contribution is -2.28. The van der Waals surface area contributed by atoms with Crippen molar-refractivity contribution in [3.63, 3.8) is 0 Å². The van der Waals surface area contributed by atoms with E-state index in [0.29, 0.717) is 52.3 Å². The molecule has 1 N–H and O–H groups in total. The number of hydrogen-bond acceptors (Lipinski definition) is 6.